The maximum atomic E-state index is 11.6. The molecule has 0 spiro atoms. The second-order valence-electron chi connectivity index (χ2n) is 2.32. The standard InChI is InChI=1S/C6H9F3O2S/c7-6(8,9)1-2-12-3-5-10-4-11-5/h5H,1-4H2. The molecule has 1 saturated heterocycles. The van der Waals surface area contributed by atoms with E-state index in [-0.39, 0.29) is 18.8 Å². The van der Waals surface area contributed by atoms with Gasteiger partial charge in [-0.05, 0) is 0 Å². The minimum absolute atomic E-state index is 0.0761. The Balaban J connectivity index is 1.88. The van der Waals surface area contributed by atoms with Crippen LogP contribution in [0.3, 0.4) is 0 Å². The van der Waals surface area contributed by atoms with E-state index in [2.05, 4.69) is 0 Å². The molecular formula is C6H9F3O2S. The van der Waals surface area contributed by atoms with Crippen molar-refractivity contribution >= 4 is 11.8 Å². The van der Waals surface area contributed by atoms with Gasteiger partial charge in [0.25, 0.3) is 0 Å². The zero-order valence-corrected chi connectivity index (χ0v) is 7.08. The maximum absolute atomic E-state index is 11.6. The summed E-state index contributed by atoms with van der Waals surface area (Å²) < 4.78 is 44.5. The predicted octanol–water partition coefficient (Wildman–Crippen LogP) is 2.00. The molecule has 0 aliphatic carbocycles. The van der Waals surface area contributed by atoms with Crippen molar-refractivity contribution in [3.05, 3.63) is 0 Å². The molecule has 0 unspecified atom stereocenters. The van der Waals surface area contributed by atoms with E-state index in [9.17, 15) is 13.2 Å². The smallest absolute Gasteiger partial charge is 0.326 e. The van der Waals surface area contributed by atoms with Crippen molar-refractivity contribution in [3.8, 4) is 0 Å². The van der Waals surface area contributed by atoms with Gasteiger partial charge in [0.1, 0.15) is 0 Å². The van der Waals surface area contributed by atoms with E-state index in [1.165, 1.54) is 11.8 Å². The zero-order valence-electron chi connectivity index (χ0n) is 6.26. The molecule has 0 aromatic carbocycles. The van der Waals surface area contributed by atoms with Crippen LogP contribution in [0.15, 0.2) is 0 Å². The number of thioether (sulfide) groups is 1. The fourth-order valence-electron chi connectivity index (χ4n) is 0.628. The fraction of sp³-hybridized carbons (Fsp3) is 1.00. The van der Waals surface area contributed by atoms with Gasteiger partial charge >= 0.3 is 6.18 Å². The topological polar surface area (TPSA) is 18.5 Å². The van der Waals surface area contributed by atoms with Crippen LogP contribution in [0.25, 0.3) is 0 Å². The van der Waals surface area contributed by atoms with Gasteiger partial charge in [0.15, 0.2) is 13.1 Å². The molecule has 0 aromatic heterocycles. The largest absolute Gasteiger partial charge is 0.389 e. The number of rotatable bonds is 4. The van der Waals surface area contributed by atoms with E-state index in [0.29, 0.717) is 5.75 Å². The van der Waals surface area contributed by atoms with Crippen molar-refractivity contribution in [1.29, 1.82) is 0 Å². The first-order valence-electron chi connectivity index (χ1n) is 3.45. The summed E-state index contributed by atoms with van der Waals surface area (Å²) in [7, 11) is 0. The van der Waals surface area contributed by atoms with Gasteiger partial charge in [-0.3, -0.25) is 0 Å². The summed E-state index contributed by atoms with van der Waals surface area (Å²) in [6.07, 6.45) is -5.08. The highest BCUT2D eigenvalue weighted by Crippen LogP contribution is 2.23. The van der Waals surface area contributed by atoms with Crippen LogP contribution < -0.4 is 0 Å². The minimum Gasteiger partial charge on any atom is -0.326 e. The lowest BCUT2D eigenvalue weighted by molar-refractivity contribution is -0.308. The first kappa shape index (κ1) is 10.1. The molecule has 0 radical (unpaired) electrons. The van der Waals surface area contributed by atoms with Gasteiger partial charge in [0.05, 0.1) is 6.42 Å². The Hall–Kier alpha value is 0.0600. The van der Waals surface area contributed by atoms with Crippen molar-refractivity contribution in [3.63, 3.8) is 0 Å². The van der Waals surface area contributed by atoms with Crippen LogP contribution in [0.5, 0.6) is 0 Å². The molecular weight excluding hydrogens is 193 g/mol. The Morgan fingerprint density at radius 1 is 1.33 bits per heavy atom. The summed E-state index contributed by atoms with van der Waals surface area (Å²) in [5, 5.41) is 0. The average molecular weight is 202 g/mol. The lowest BCUT2D eigenvalue weighted by atomic mass is 10.5. The van der Waals surface area contributed by atoms with Crippen molar-refractivity contribution in [2.24, 2.45) is 0 Å². The summed E-state index contributed by atoms with van der Waals surface area (Å²) in [5.74, 6) is 0.558. The molecule has 1 aliphatic heterocycles. The molecule has 72 valence electrons. The second kappa shape index (κ2) is 4.34. The molecule has 0 N–H and O–H groups in total. The zero-order chi connectivity index (χ0) is 9.03. The fourth-order valence-corrected chi connectivity index (χ4v) is 1.56. The number of alkyl halides is 3. The summed E-state index contributed by atoms with van der Waals surface area (Å²) in [6, 6.07) is 0. The molecule has 6 heteroatoms. The molecule has 0 atom stereocenters. The van der Waals surface area contributed by atoms with Gasteiger partial charge in [-0.1, -0.05) is 0 Å². The van der Waals surface area contributed by atoms with Crippen LogP contribution in [0.4, 0.5) is 13.2 Å². The minimum atomic E-state index is -4.05. The molecule has 0 bridgehead atoms. The summed E-state index contributed by atoms with van der Waals surface area (Å²) in [5.41, 5.74) is 0. The Labute approximate surface area is 72.4 Å². The number of hydrogen-bond donors (Lipinski definition) is 0. The van der Waals surface area contributed by atoms with E-state index in [4.69, 9.17) is 9.47 Å². The molecule has 0 amide bonds. The third-order valence-electron chi connectivity index (χ3n) is 1.29. The summed E-state index contributed by atoms with van der Waals surface area (Å²) >= 11 is 1.19. The van der Waals surface area contributed by atoms with Gasteiger partial charge in [-0.25, -0.2) is 0 Å². The van der Waals surface area contributed by atoms with E-state index in [1.807, 2.05) is 0 Å². The number of halogens is 3. The van der Waals surface area contributed by atoms with Crippen molar-refractivity contribution < 1.29 is 22.6 Å². The second-order valence-corrected chi connectivity index (χ2v) is 3.47. The molecule has 1 heterocycles. The van der Waals surface area contributed by atoms with Gasteiger partial charge < -0.3 is 9.47 Å². The molecule has 12 heavy (non-hydrogen) atoms. The maximum Gasteiger partial charge on any atom is 0.389 e. The van der Waals surface area contributed by atoms with Gasteiger partial charge in [-0.2, -0.15) is 24.9 Å². The predicted molar refractivity (Wildman–Crippen MR) is 38.8 cm³/mol. The summed E-state index contributed by atoms with van der Waals surface area (Å²) in [4.78, 5) is 0. The first-order valence-corrected chi connectivity index (χ1v) is 4.61. The number of hydrogen-bond acceptors (Lipinski definition) is 3. The molecule has 1 fully saturated rings. The highest BCUT2D eigenvalue weighted by molar-refractivity contribution is 7.99. The lowest BCUT2D eigenvalue weighted by Crippen LogP contribution is -2.32. The molecule has 1 rings (SSSR count). The highest BCUT2D eigenvalue weighted by atomic mass is 32.2. The van der Waals surface area contributed by atoms with Crippen molar-refractivity contribution in [2.75, 3.05) is 18.3 Å². The van der Waals surface area contributed by atoms with E-state index >= 15 is 0 Å². The van der Waals surface area contributed by atoms with E-state index in [0.717, 1.165) is 0 Å². The molecule has 0 saturated carbocycles. The Morgan fingerprint density at radius 2 is 2.00 bits per heavy atom. The van der Waals surface area contributed by atoms with Crippen molar-refractivity contribution in [1.82, 2.24) is 0 Å². The van der Waals surface area contributed by atoms with Gasteiger partial charge in [0, 0.05) is 11.5 Å². The Morgan fingerprint density at radius 3 is 2.42 bits per heavy atom. The van der Waals surface area contributed by atoms with E-state index in [1.54, 1.807) is 0 Å². The van der Waals surface area contributed by atoms with Crippen molar-refractivity contribution in [2.45, 2.75) is 18.9 Å². The van der Waals surface area contributed by atoms with Gasteiger partial charge in [0.2, 0.25) is 0 Å². The van der Waals surface area contributed by atoms with Crippen LogP contribution in [0.2, 0.25) is 0 Å². The molecule has 2 nitrogen and oxygen atoms in total. The SMILES string of the molecule is FC(F)(F)CCSCC1OCO1. The lowest BCUT2D eigenvalue weighted by Gasteiger charge is -2.26. The third-order valence-corrected chi connectivity index (χ3v) is 2.29. The van der Waals surface area contributed by atoms with Crippen LogP contribution in [0.1, 0.15) is 6.42 Å². The summed E-state index contributed by atoms with van der Waals surface area (Å²) in [6.45, 7) is 0.268. The average Bonchev–Trinajstić information content (AvgIpc) is 1.80. The highest BCUT2D eigenvalue weighted by Gasteiger charge is 2.27. The normalized spacial score (nSPS) is 19.2. The Bertz CT molecular complexity index is 135. The number of ether oxygens (including phenoxy) is 2. The monoisotopic (exact) mass is 202 g/mol. The van der Waals surface area contributed by atoms with Crippen LogP contribution in [0, 0.1) is 0 Å². The van der Waals surface area contributed by atoms with Crippen LogP contribution >= 0.6 is 11.8 Å². The van der Waals surface area contributed by atoms with Crippen LogP contribution in [-0.2, 0) is 9.47 Å². The van der Waals surface area contributed by atoms with Crippen LogP contribution in [-0.4, -0.2) is 30.8 Å². The molecule has 0 aromatic rings. The first-order chi connectivity index (χ1) is 5.58. The van der Waals surface area contributed by atoms with Gasteiger partial charge in [-0.15, -0.1) is 0 Å². The van der Waals surface area contributed by atoms with E-state index < -0.39 is 12.6 Å². The quantitative estimate of drug-likeness (QED) is 0.649. The Kier molecular flexibility index (Phi) is 3.67. The molecule has 1 aliphatic rings. The third kappa shape index (κ3) is 4.18.